The molecule has 0 radical (unpaired) electrons. The largest absolute Gasteiger partial charge is 0.444 e. The van der Waals surface area contributed by atoms with Crippen LogP contribution in [-0.2, 0) is 4.74 Å². The molecule has 3 heteroatoms. The molecule has 15 heavy (non-hydrogen) atoms. The van der Waals surface area contributed by atoms with Crippen LogP contribution in [0, 0.1) is 17.8 Å². The summed E-state index contributed by atoms with van der Waals surface area (Å²) < 4.78 is 5.32. The third kappa shape index (κ3) is 2.01. The van der Waals surface area contributed by atoms with Crippen LogP contribution in [0.4, 0.5) is 4.79 Å². The van der Waals surface area contributed by atoms with Crippen LogP contribution in [0.25, 0.3) is 0 Å². The van der Waals surface area contributed by atoms with Crippen molar-refractivity contribution in [3.63, 3.8) is 0 Å². The molecule has 0 bridgehead atoms. The molecule has 0 aromatic heterocycles. The van der Waals surface area contributed by atoms with Gasteiger partial charge in [0.25, 0.3) is 0 Å². The molecular formula is C12H19NO2. The number of hydrogen-bond acceptors (Lipinski definition) is 2. The highest BCUT2D eigenvalue weighted by atomic mass is 16.6. The Hall–Kier alpha value is -0.990. The molecule has 0 spiro atoms. The summed E-state index contributed by atoms with van der Waals surface area (Å²) in [5.74, 6) is 1.94. The summed E-state index contributed by atoms with van der Waals surface area (Å²) >= 11 is 0. The van der Waals surface area contributed by atoms with Gasteiger partial charge in [-0.1, -0.05) is 6.08 Å². The Morgan fingerprint density at radius 2 is 1.93 bits per heavy atom. The Morgan fingerprint density at radius 3 is 2.33 bits per heavy atom. The maximum absolute atomic E-state index is 11.7. The monoisotopic (exact) mass is 209 g/mol. The van der Waals surface area contributed by atoms with Gasteiger partial charge < -0.3 is 9.64 Å². The van der Waals surface area contributed by atoms with Crippen LogP contribution in [0.5, 0.6) is 0 Å². The topological polar surface area (TPSA) is 29.5 Å². The zero-order valence-corrected chi connectivity index (χ0v) is 9.69. The summed E-state index contributed by atoms with van der Waals surface area (Å²) in [6, 6.07) is 0. The van der Waals surface area contributed by atoms with Crippen LogP contribution >= 0.6 is 0 Å². The number of allylic oxidation sites excluding steroid dienone is 1. The molecule has 3 nitrogen and oxygen atoms in total. The van der Waals surface area contributed by atoms with Crippen LogP contribution in [0.1, 0.15) is 20.8 Å². The van der Waals surface area contributed by atoms with Crippen LogP contribution in [0.15, 0.2) is 12.7 Å². The number of ether oxygens (including phenoxy) is 1. The van der Waals surface area contributed by atoms with Gasteiger partial charge in [0.1, 0.15) is 5.60 Å². The normalized spacial score (nSPS) is 33.5. The summed E-state index contributed by atoms with van der Waals surface area (Å²) in [5, 5.41) is 0. The second-order valence-electron chi connectivity index (χ2n) is 5.53. The smallest absolute Gasteiger partial charge is 0.410 e. The van der Waals surface area contributed by atoms with Crippen LogP contribution < -0.4 is 0 Å². The number of fused-ring (bicyclic) bond motifs is 1. The number of carbonyl (C=O) groups is 1. The highest BCUT2D eigenvalue weighted by Gasteiger charge is 2.55. The molecule has 1 saturated heterocycles. The van der Waals surface area contributed by atoms with Crippen molar-refractivity contribution >= 4 is 6.09 Å². The Morgan fingerprint density at radius 1 is 1.40 bits per heavy atom. The van der Waals surface area contributed by atoms with Gasteiger partial charge in [0.2, 0.25) is 0 Å². The fourth-order valence-corrected chi connectivity index (χ4v) is 2.40. The standard InChI is InChI=1S/C12H19NO2/c1-5-8-9-6-13(7-10(8)9)11(14)15-12(2,3)4/h5,8-10H,1,6-7H2,2-4H3/t8?,9-,10+. The number of nitrogens with zero attached hydrogens (tertiary/aromatic N) is 1. The van der Waals surface area contributed by atoms with E-state index in [2.05, 4.69) is 6.58 Å². The van der Waals surface area contributed by atoms with E-state index >= 15 is 0 Å². The lowest BCUT2D eigenvalue weighted by molar-refractivity contribution is 0.0269. The maximum atomic E-state index is 11.7. The van der Waals surface area contributed by atoms with Gasteiger partial charge in [-0.2, -0.15) is 0 Å². The van der Waals surface area contributed by atoms with Gasteiger partial charge in [0, 0.05) is 13.1 Å². The first-order valence-corrected chi connectivity index (χ1v) is 5.53. The molecule has 1 saturated carbocycles. The van der Waals surface area contributed by atoms with Gasteiger partial charge in [-0.25, -0.2) is 4.79 Å². The Kier molecular flexibility index (Phi) is 2.28. The number of likely N-dealkylation sites (tertiary alicyclic amines) is 1. The first-order chi connectivity index (χ1) is 6.92. The van der Waals surface area contributed by atoms with Crippen molar-refractivity contribution in [3.8, 4) is 0 Å². The van der Waals surface area contributed by atoms with Crippen molar-refractivity contribution in [1.82, 2.24) is 4.90 Å². The number of carbonyl (C=O) groups excluding carboxylic acids is 1. The van der Waals surface area contributed by atoms with E-state index in [0.717, 1.165) is 13.1 Å². The molecule has 0 aromatic carbocycles. The number of hydrogen-bond donors (Lipinski definition) is 0. The summed E-state index contributed by atoms with van der Waals surface area (Å²) in [7, 11) is 0. The van der Waals surface area contributed by atoms with E-state index < -0.39 is 0 Å². The molecule has 1 aliphatic heterocycles. The van der Waals surface area contributed by atoms with Crippen molar-refractivity contribution in [3.05, 3.63) is 12.7 Å². The highest BCUT2D eigenvalue weighted by molar-refractivity contribution is 5.69. The lowest BCUT2D eigenvalue weighted by atomic mass is 10.2. The summed E-state index contributed by atoms with van der Waals surface area (Å²) in [5.41, 5.74) is -0.387. The van der Waals surface area contributed by atoms with Gasteiger partial charge in [-0.15, -0.1) is 6.58 Å². The molecule has 1 amide bonds. The highest BCUT2D eigenvalue weighted by Crippen LogP contribution is 2.52. The van der Waals surface area contributed by atoms with Crippen LogP contribution in [0.3, 0.4) is 0 Å². The average molecular weight is 209 g/mol. The molecule has 1 unspecified atom stereocenters. The summed E-state index contributed by atoms with van der Waals surface area (Å²) in [4.78, 5) is 13.5. The molecule has 2 aliphatic rings. The SMILES string of the molecule is C=CC1[C@H]2CN(C(=O)OC(C)(C)C)C[C@@H]12. The lowest BCUT2D eigenvalue weighted by Crippen LogP contribution is -2.36. The predicted octanol–water partition coefficient (Wildman–Crippen LogP) is 2.29. The minimum absolute atomic E-state index is 0.169. The first kappa shape index (κ1) is 10.5. The lowest BCUT2D eigenvalue weighted by Gasteiger charge is -2.25. The second-order valence-corrected chi connectivity index (χ2v) is 5.53. The van der Waals surface area contributed by atoms with Gasteiger partial charge >= 0.3 is 6.09 Å². The van der Waals surface area contributed by atoms with E-state index in [1.54, 1.807) is 0 Å². The molecule has 84 valence electrons. The molecule has 1 aliphatic carbocycles. The van der Waals surface area contributed by atoms with E-state index in [1.807, 2.05) is 31.7 Å². The van der Waals surface area contributed by atoms with E-state index in [4.69, 9.17) is 4.74 Å². The van der Waals surface area contributed by atoms with Crippen molar-refractivity contribution in [2.24, 2.45) is 17.8 Å². The third-order valence-electron chi connectivity index (χ3n) is 3.18. The molecule has 2 fully saturated rings. The number of piperidine rings is 1. The first-order valence-electron chi connectivity index (χ1n) is 5.53. The van der Waals surface area contributed by atoms with Crippen molar-refractivity contribution in [2.45, 2.75) is 26.4 Å². The molecule has 0 N–H and O–H groups in total. The minimum Gasteiger partial charge on any atom is -0.444 e. The molecule has 3 atom stereocenters. The van der Waals surface area contributed by atoms with Crippen molar-refractivity contribution in [2.75, 3.05) is 13.1 Å². The van der Waals surface area contributed by atoms with Gasteiger partial charge in [-0.3, -0.25) is 0 Å². The maximum Gasteiger partial charge on any atom is 0.410 e. The number of rotatable bonds is 1. The molecule has 0 aromatic rings. The van der Waals surface area contributed by atoms with Crippen molar-refractivity contribution < 1.29 is 9.53 Å². The van der Waals surface area contributed by atoms with Gasteiger partial charge in [0.05, 0.1) is 0 Å². The fraction of sp³-hybridized carbons (Fsp3) is 0.750. The van der Waals surface area contributed by atoms with E-state index in [9.17, 15) is 4.79 Å². The van der Waals surface area contributed by atoms with Crippen molar-refractivity contribution in [1.29, 1.82) is 0 Å². The Bertz CT molecular complexity index is 280. The molecule has 1 heterocycles. The quantitative estimate of drug-likeness (QED) is 0.620. The number of amides is 1. The fourth-order valence-electron chi connectivity index (χ4n) is 2.40. The molecular weight excluding hydrogens is 190 g/mol. The molecule has 2 rings (SSSR count). The zero-order chi connectivity index (χ0) is 11.2. The third-order valence-corrected chi connectivity index (χ3v) is 3.18. The predicted molar refractivity (Wildman–Crippen MR) is 58.5 cm³/mol. The van der Waals surface area contributed by atoms with E-state index in [1.165, 1.54) is 0 Å². The van der Waals surface area contributed by atoms with E-state index in [-0.39, 0.29) is 11.7 Å². The van der Waals surface area contributed by atoms with Gasteiger partial charge in [-0.05, 0) is 38.5 Å². The zero-order valence-electron chi connectivity index (χ0n) is 9.69. The summed E-state index contributed by atoms with van der Waals surface area (Å²) in [6.45, 7) is 11.2. The Labute approximate surface area is 91.1 Å². The minimum atomic E-state index is -0.387. The van der Waals surface area contributed by atoms with E-state index in [0.29, 0.717) is 17.8 Å². The average Bonchev–Trinajstić information content (AvgIpc) is 2.54. The summed E-state index contributed by atoms with van der Waals surface area (Å²) in [6.07, 6.45) is 1.85. The Balaban J connectivity index is 1.84. The second kappa shape index (κ2) is 3.26. The van der Waals surface area contributed by atoms with Crippen LogP contribution in [-0.4, -0.2) is 29.7 Å². The van der Waals surface area contributed by atoms with Gasteiger partial charge in [0.15, 0.2) is 0 Å². The van der Waals surface area contributed by atoms with Crippen LogP contribution in [0.2, 0.25) is 0 Å².